The summed E-state index contributed by atoms with van der Waals surface area (Å²) in [6.45, 7) is 19.0. The predicted octanol–water partition coefficient (Wildman–Crippen LogP) is 19.4. The number of ketones is 3. The van der Waals surface area contributed by atoms with Gasteiger partial charge in [-0.25, -0.2) is 0 Å². The molecular weight excluding hydrogens is 1790 g/mol. The summed E-state index contributed by atoms with van der Waals surface area (Å²) in [6, 6.07) is 46.3. The maximum atomic E-state index is 12.7. The first-order chi connectivity index (χ1) is 68.3. The largest absolute Gasteiger partial charge is 0.411 e. The highest BCUT2D eigenvalue weighted by Gasteiger charge is 2.28. The number of amides is 5. The number of hydrogen-bond acceptors (Lipinski definition) is 19. The molecule has 3 saturated heterocycles. The number of H-pyrrole nitrogens is 5. The number of nitrogens with one attached hydrogen (secondary N) is 11. The molecule has 8 aliphatic rings. The zero-order valence-electron chi connectivity index (χ0n) is 82.0. The Balaban J connectivity index is 0.000000141. The van der Waals surface area contributed by atoms with Crippen molar-refractivity contribution >= 4 is 120 Å². The summed E-state index contributed by atoms with van der Waals surface area (Å²) in [7, 11) is 2.00. The number of benzene rings is 5. The summed E-state index contributed by atoms with van der Waals surface area (Å²) >= 11 is 0. The Kier molecular flexibility index (Phi) is 35.0. The third-order valence-corrected chi connectivity index (χ3v) is 27.1. The van der Waals surface area contributed by atoms with Crippen molar-refractivity contribution in [1.29, 1.82) is 0 Å². The number of oxime groups is 1. The second kappa shape index (κ2) is 48.2. The van der Waals surface area contributed by atoms with Crippen LogP contribution in [0.25, 0.3) is 22.3 Å². The van der Waals surface area contributed by atoms with Crippen molar-refractivity contribution < 1.29 is 43.6 Å². The van der Waals surface area contributed by atoms with Gasteiger partial charge in [0.2, 0.25) is 0 Å². The lowest BCUT2D eigenvalue weighted by atomic mass is 9.82. The molecule has 5 aromatic heterocycles. The molecule has 2 unspecified atom stereocenters. The van der Waals surface area contributed by atoms with Crippen LogP contribution in [0, 0.1) is 0 Å². The zero-order chi connectivity index (χ0) is 101. The summed E-state index contributed by atoms with van der Waals surface area (Å²) in [4.78, 5) is 179. The highest BCUT2D eigenvalue weighted by atomic mass is 16.4. The highest BCUT2D eigenvalue weighted by Crippen LogP contribution is 2.36. The minimum Gasteiger partial charge on any atom is -0.411 e. The molecule has 10 aromatic rings. The Hall–Kier alpha value is -15.0. The summed E-state index contributed by atoms with van der Waals surface area (Å²) in [6.07, 6.45) is 38.2. The number of carbonyl (C=O) groups is 8. The van der Waals surface area contributed by atoms with Crippen LogP contribution in [0.15, 0.2) is 236 Å². The first-order valence-electron chi connectivity index (χ1n) is 49.6. The molecule has 740 valence electrons. The van der Waals surface area contributed by atoms with Crippen LogP contribution in [0.5, 0.6) is 0 Å². The number of anilines is 8. The molecule has 142 heavy (non-hydrogen) atoms. The number of nitrogens with zero attached hydrogens (tertiary/aromatic N) is 4. The van der Waals surface area contributed by atoms with E-state index in [1.807, 2.05) is 92.0 Å². The van der Waals surface area contributed by atoms with Crippen LogP contribution in [0.4, 0.5) is 45.5 Å². The lowest BCUT2D eigenvalue weighted by Crippen LogP contribution is -2.30. The van der Waals surface area contributed by atoms with E-state index in [9.17, 15) is 62.3 Å². The van der Waals surface area contributed by atoms with E-state index in [1.54, 1.807) is 122 Å². The fourth-order valence-electron chi connectivity index (χ4n) is 18.7. The van der Waals surface area contributed by atoms with E-state index in [1.165, 1.54) is 69.8 Å². The normalized spacial score (nSPS) is 17.4. The summed E-state index contributed by atoms with van der Waals surface area (Å²) < 4.78 is 0. The van der Waals surface area contributed by atoms with Crippen LogP contribution < -0.4 is 74.4 Å². The molecule has 5 aliphatic carbocycles. The van der Waals surface area contributed by atoms with Gasteiger partial charge in [-0.2, -0.15) is 0 Å². The quantitative estimate of drug-likeness (QED) is 0.0264. The molecule has 5 amide bonds. The molecule has 1 saturated carbocycles. The molecule has 29 heteroatoms. The van der Waals surface area contributed by atoms with Crippen LogP contribution in [-0.2, 0) is 25.2 Å². The average Bonchev–Trinajstić information content (AvgIpc) is 1.70. The van der Waals surface area contributed by atoms with Crippen molar-refractivity contribution in [3.8, 4) is 0 Å². The summed E-state index contributed by atoms with van der Waals surface area (Å²) in [5, 5.41) is 29.3. The second-order valence-corrected chi connectivity index (χ2v) is 39.5. The molecule has 0 bridgehead atoms. The highest BCUT2D eigenvalue weighted by molar-refractivity contribution is 6.09. The molecule has 0 spiro atoms. The number of rotatable bonds is 19. The Morgan fingerprint density at radius 3 is 0.915 bits per heavy atom. The number of hydrogen-bond donors (Lipinski definition) is 12. The van der Waals surface area contributed by atoms with Crippen LogP contribution >= 0.6 is 0 Å². The van der Waals surface area contributed by atoms with Crippen LogP contribution in [0.1, 0.15) is 292 Å². The molecule has 0 radical (unpaired) electrons. The third-order valence-electron chi connectivity index (χ3n) is 27.1. The van der Waals surface area contributed by atoms with Crippen molar-refractivity contribution in [2.75, 3.05) is 87.6 Å². The van der Waals surface area contributed by atoms with Gasteiger partial charge in [0.25, 0.3) is 57.3 Å². The Labute approximate surface area is 826 Å². The van der Waals surface area contributed by atoms with Crippen molar-refractivity contribution in [3.05, 3.63) is 325 Å². The van der Waals surface area contributed by atoms with E-state index in [-0.39, 0.29) is 108 Å². The van der Waals surface area contributed by atoms with E-state index in [4.69, 9.17) is 5.21 Å². The SMILES string of the molecule is CC(C)(C)c1ccc(C(=O)Nc2cc(C3=CC(=O)CCC3)c[nH]c2=O)cc1.CNC1CCCC(c2c[nH]c(=O)c(NC(=O)c3ccc(C(C)(C)C)cc3)c2)C1.O=C(Nc1cc(C2=C/C(=N\O)CCC2)c[nH]c1=O)c1ccc(N2CCCCC2)cc1.O=C1C=C(c2c[nH]c(=O)c(NC(=O)c3ccc(N4CCCCC4)cc3)c2)CC1.O=C1C=C(c2c[nH]c(=O)c(NC(=O)c3ccc(N4CCCCC4)cc3)c2)CCC1. The lowest BCUT2D eigenvalue weighted by molar-refractivity contribution is -0.115. The van der Waals surface area contributed by atoms with Gasteiger partial charge in [-0.05, 0) is 365 Å². The predicted molar refractivity (Wildman–Crippen MR) is 564 cm³/mol. The monoisotopic (exact) mass is 1920 g/mol. The average molecular weight is 1920 g/mol. The second-order valence-electron chi connectivity index (χ2n) is 39.5. The van der Waals surface area contributed by atoms with Gasteiger partial charge in [0.05, 0.1) is 5.71 Å². The molecule has 29 nitrogen and oxygen atoms in total. The maximum absolute atomic E-state index is 12.7. The molecule has 12 N–H and O–H groups in total. The van der Waals surface area contributed by atoms with Gasteiger partial charge in [-0.1, -0.05) is 77.4 Å². The number of aromatic amines is 5. The van der Waals surface area contributed by atoms with Gasteiger partial charge in [0, 0.05) is 140 Å². The number of allylic oxidation sites excluding steroid dienone is 8. The Morgan fingerprint density at radius 1 is 0.324 bits per heavy atom. The van der Waals surface area contributed by atoms with E-state index in [0.717, 1.165) is 176 Å². The first kappa shape index (κ1) is 103. The van der Waals surface area contributed by atoms with Gasteiger partial charge >= 0.3 is 0 Å². The smallest absolute Gasteiger partial charge is 0.271 e. The van der Waals surface area contributed by atoms with E-state index >= 15 is 0 Å². The standard InChI is InChI=1S/C23H26N4O3.C23H25N3O3.C23H31N3O2.C22H23N3O3.C22H24N2O3/c28-22(16-7-9-20(10-8-16)27-11-2-1-3-12-27)25-21-14-18(15-24-23(21)29)17-5-4-6-19(13-17)26-30;27-20-6-4-5-17(13-20)18-14-21(23(29)24-15-18)25-22(28)16-7-9-19(10-8-16)26-11-2-1-3-12-26;1-23(2,3)18-10-8-15(9-11-18)21(27)26-20-13-17(14-25-22(20)28)16-6-5-7-19(12-16)24-4;26-19-9-6-16(12-19)17-13-20(22(28)23-14-17)24-21(27)15-4-7-18(8-5-15)25-10-2-1-3-11-25;1-22(2,3)17-9-7-14(8-10-17)20(26)24-19-12-16(13-23-21(19)27)15-5-4-6-18(25)11-15/h7-10,13-15,30H,1-6,11-12H2,(H,24,29)(H,25,28);7-10,13-15H,1-6,11-12H2,(H,24,29)(H,25,28);8-11,13-14,16,19,24H,5-7,12H2,1-4H3,(H,25,28)(H,26,27);4-5,7-8,12-14H,1-3,6,9-11H2,(H,23,28)(H,24,27);7-13H,4-6H2,1-3H3,(H,23,27)(H,24,26)/b26-19-;;;;. The molecular formula is C113H129N15O14. The molecule has 5 aromatic carbocycles. The van der Waals surface area contributed by atoms with Crippen LogP contribution in [0.2, 0.25) is 0 Å². The van der Waals surface area contributed by atoms with Gasteiger partial charge < -0.3 is 76.7 Å². The van der Waals surface area contributed by atoms with Gasteiger partial charge in [0.1, 0.15) is 28.4 Å². The number of aromatic nitrogens is 5. The van der Waals surface area contributed by atoms with Crippen molar-refractivity contribution in [1.82, 2.24) is 30.2 Å². The number of pyridine rings is 5. The van der Waals surface area contributed by atoms with E-state index < -0.39 is 0 Å². The minimum absolute atomic E-state index is 0.00560. The molecule has 2 atom stereocenters. The molecule has 8 heterocycles. The Bertz CT molecular complexity index is 6720. The van der Waals surface area contributed by atoms with Crippen LogP contribution in [-0.4, -0.2) is 135 Å². The van der Waals surface area contributed by atoms with Crippen molar-refractivity contribution in [2.24, 2.45) is 5.16 Å². The topological polar surface area (TPSA) is 415 Å². The van der Waals surface area contributed by atoms with E-state index in [2.05, 4.69) is 118 Å². The Morgan fingerprint density at radius 2 is 0.613 bits per heavy atom. The number of carbonyl (C=O) groups excluding carboxylic acids is 8. The first-order valence-corrected chi connectivity index (χ1v) is 49.6. The number of piperidine rings is 3. The van der Waals surface area contributed by atoms with Gasteiger partial charge in [-0.15, -0.1) is 0 Å². The fourth-order valence-corrected chi connectivity index (χ4v) is 18.7. The molecule has 3 aliphatic heterocycles. The fraction of sp³-hybridized carbons (Fsp3) is 0.363. The van der Waals surface area contributed by atoms with Crippen molar-refractivity contribution in [3.63, 3.8) is 0 Å². The molecule has 4 fully saturated rings. The van der Waals surface area contributed by atoms with Gasteiger partial charge in [0.15, 0.2) is 17.3 Å². The maximum Gasteiger partial charge on any atom is 0.271 e. The third kappa shape index (κ3) is 28.2. The zero-order valence-corrected chi connectivity index (χ0v) is 82.0. The van der Waals surface area contributed by atoms with Gasteiger partial charge in [-0.3, -0.25) is 62.3 Å². The summed E-state index contributed by atoms with van der Waals surface area (Å²) in [5.41, 5.74) is 15.9. The lowest BCUT2D eigenvalue weighted by Gasteiger charge is -2.29. The summed E-state index contributed by atoms with van der Waals surface area (Å²) in [5.74, 6) is -0.922. The van der Waals surface area contributed by atoms with Crippen molar-refractivity contribution in [2.45, 2.75) is 218 Å². The molecule has 18 rings (SSSR count). The van der Waals surface area contributed by atoms with E-state index in [0.29, 0.717) is 76.9 Å². The minimum atomic E-state index is -0.374. The van der Waals surface area contributed by atoms with Crippen LogP contribution in [0.3, 0.4) is 0 Å².